The molecule has 1 aromatic rings. The van der Waals surface area contributed by atoms with Gasteiger partial charge in [-0.25, -0.2) is 13.6 Å². The molecule has 0 fully saturated rings. The van der Waals surface area contributed by atoms with Crippen LogP contribution in [0.4, 0.5) is 8.78 Å². The van der Waals surface area contributed by atoms with Gasteiger partial charge in [-0.15, -0.1) is 0 Å². The number of carboxylic acid groups (broad SMARTS) is 1. The van der Waals surface area contributed by atoms with Gasteiger partial charge in [-0.2, -0.15) is 0 Å². The molecule has 0 amide bonds. The summed E-state index contributed by atoms with van der Waals surface area (Å²) in [6, 6.07) is 2.26. The van der Waals surface area contributed by atoms with Crippen molar-refractivity contribution in [2.45, 2.75) is 20.8 Å². The van der Waals surface area contributed by atoms with E-state index in [1.54, 1.807) is 0 Å². The van der Waals surface area contributed by atoms with Crippen molar-refractivity contribution in [2.75, 3.05) is 0 Å². The first-order valence-electron chi connectivity index (χ1n) is 4.22. The highest BCUT2D eigenvalue weighted by Crippen LogP contribution is 2.15. The molecule has 4 heteroatoms. The van der Waals surface area contributed by atoms with E-state index in [0.29, 0.717) is 0 Å². The minimum atomic E-state index is -1.47. The fraction of sp³-hybridized carbons (Fsp3) is 0.300. The van der Waals surface area contributed by atoms with E-state index >= 15 is 0 Å². The van der Waals surface area contributed by atoms with Gasteiger partial charge in [0.05, 0.1) is 5.56 Å². The normalized spacial score (nSPS) is 8.93. The maximum atomic E-state index is 12.8. The molecule has 0 aromatic heterocycles. The van der Waals surface area contributed by atoms with Crippen molar-refractivity contribution in [3.8, 4) is 0 Å². The number of hydrogen-bond acceptors (Lipinski definition) is 1. The number of benzene rings is 1. The highest BCUT2D eigenvalue weighted by molar-refractivity contribution is 5.87. The molecule has 0 atom stereocenters. The molecule has 0 aliphatic heterocycles. The van der Waals surface area contributed by atoms with Crippen molar-refractivity contribution in [1.82, 2.24) is 0 Å². The molecule has 0 unspecified atom stereocenters. The van der Waals surface area contributed by atoms with Crippen LogP contribution in [0, 0.1) is 18.6 Å². The Kier molecular flexibility index (Phi) is 4.77. The molecular formula is C10H12F2O2. The molecule has 1 aromatic carbocycles. The number of aromatic carboxylic acids is 1. The monoisotopic (exact) mass is 202 g/mol. The van der Waals surface area contributed by atoms with Crippen molar-refractivity contribution in [3.05, 3.63) is 34.9 Å². The van der Waals surface area contributed by atoms with E-state index in [1.165, 1.54) is 13.0 Å². The quantitative estimate of drug-likeness (QED) is 0.760. The van der Waals surface area contributed by atoms with Crippen LogP contribution in [-0.2, 0) is 0 Å². The third-order valence-electron chi connectivity index (χ3n) is 1.51. The molecular weight excluding hydrogens is 190 g/mol. The van der Waals surface area contributed by atoms with Gasteiger partial charge in [0.15, 0.2) is 11.6 Å². The Morgan fingerprint density at radius 2 is 1.71 bits per heavy atom. The Morgan fingerprint density at radius 1 is 1.21 bits per heavy atom. The van der Waals surface area contributed by atoms with Gasteiger partial charge in [0, 0.05) is 0 Å². The average Bonchev–Trinajstić information content (AvgIpc) is 2.17. The third kappa shape index (κ3) is 2.52. The molecule has 0 saturated carbocycles. The first kappa shape index (κ1) is 12.5. The number of halogens is 2. The van der Waals surface area contributed by atoms with Crippen LogP contribution in [0.1, 0.15) is 29.8 Å². The lowest BCUT2D eigenvalue weighted by Gasteiger charge is -2.00. The number of carboxylic acids is 1. The second-order valence-corrected chi connectivity index (χ2v) is 2.36. The largest absolute Gasteiger partial charge is 0.478 e. The highest BCUT2D eigenvalue weighted by Gasteiger charge is 2.15. The molecule has 0 aliphatic rings. The van der Waals surface area contributed by atoms with Crippen LogP contribution in [0.3, 0.4) is 0 Å². The second-order valence-electron chi connectivity index (χ2n) is 2.36. The van der Waals surface area contributed by atoms with Crippen molar-refractivity contribution in [1.29, 1.82) is 0 Å². The number of aryl methyl sites for hydroxylation is 1. The Bertz CT molecular complexity index is 335. The zero-order valence-electron chi connectivity index (χ0n) is 8.27. The van der Waals surface area contributed by atoms with Crippen LogP contribution in [-0.4, -0.2) is 11.1 Å². The fourth-order valence-corrected chi connectivity index (χ4v) is 0.811. The molecule has 0 aliphatic carbocycles. The van der Waals surface area contributed by atoms with E-state index in [1.807, 2.05) is 13.8 Å². The second kappa shape index (κ2) is 5.32. The van der Waals surface area contributed by atoms with E-state index in [-0.39, 0.29) is 5.56 Å². The van der Waals surface area contributed by atoms with Crippen LogP contribution in [0.5, 0.6) is 0 Å². The van der Waals surface area contributed by atoms with Crippen LogP contribution in [0.15, 0.2) is 12.1 Å². The Labute approximate surface area is 81.2 Å². The molecule has 0 bridgehead atoms. The van der Waals surface area contributed by atoms with Crippen LogP contribution in [0.2, 0.25) is 0 Å². The summed E-state index contributed by atoms with van der Waals surface area (Å²) in [5.74, 6) is -3.87. The minimum absolute atomic E-state index is 0.0949. The van der Waals surface area contributed by atoms with Gasteiger partial charge in [0.25, 0.3) is 0 Å². The van der Waals surface area contributed by atoms with E-state index in [4.69, 9.17) is 5.11 Å². The summed E-state index contributed by atoms with van der Waals surface area (Å²) in [6.45, 7) is 5.37. The zero-order valence-corrected chi connectivity index (χ0v) is 8.27. The van der Waals surface area contributed by atoms with Gasteiger partial charge >= 0.3 is 5.97 Å². The lowest BCUT2D eigenvalue weighted by Crippen LogP contribution is -2.03. The van der Waals surface area contributed by atoms with Gasteiger partial charge in [-0.05, 0) is 18.6 Å². The molecule has 2 nitrogen and oxygen atoms in total. The third-order valence-corrected chi connectivity index (χ3v) is 1.51. The molecule has 1 rings (SSSR count). The fourth-order valence-electron chi connectivity index (χ4n) is 0.811. The van der Waals surface area contributed by atoms with Gasteiger partial charge in [-0.1, -0.05) is 19.9 Å². The molecule has 0 radical (unpaired) electrons. The summed E-state index contributed by atoms with van der Waals surface area (Å²) < 4.78 is 25.5. The lowest BCUT2D eigenvalue weighted by molar-refractivity contribution is 0.0690. The summed E-state index contributed by atoms with van der Waals surface area (Å²) in [7, 11) is 0. The topological polar surface area (TPSA) is 37.3 Å². The molecule has 78 valence electrons. The van der Waals surface area contributed by atoms with Crippen LogP contribution < -0.4 is 0 Å². The van der Waals surface area contributed by atoms with Gasteiger partial charge < -0.3 is 5.11 Å². The van der Waals surface area contributed by atoms with Gasteiger partial charge in [-0.3, -0.25) is 0 Å². The van der Waals surface area contributed by atoms with Crippen molar-refractivity contribution >= 4 is 5.97 Å². The van der Waals surface area contributed by atoms with Crippen molar-refractivity contribution < 1.29 is 18.7 Å². The van der Waals surface area contributed by atoms with E-state index in [2.05, 4.69) is 0 Å². The van der Waals surface area contributed by atoms with Crippen LogP contribution >= 0.6 is 0 Å². The van der Waals surface area contributed by atoms with Gasteiger partial charge in [0.2, 0.25) is 0 Å². The van der Waals surface area contributed by atoms with E-state index in [0.717, 1.165) is 6.07 Å². The molecule has 0 saturated heterocycles. The molecule has 14 heavy (non-hydrogen) atoms. The molecule has 1 N–H and O–H groups in total. The maximum Gasteiger partial charge on any atom is 0.338 e. The number of carbonyl (C=O) groups is 1. The summed E-state index contributed by atoms with van der Waals surface area (Å²) >= 11 is 0. The molecule has 0 heterocycles. The predicted octanol–water partition coefficient (Wildman–Crippen LogP) is 3.00. The first-order valence-corrected chi connectivity index (χ1v) is 4.22. The summed E-state index contributed by atoms with van der Waals surface area (Å²) in [6.07, 6.45) is 0. The lowest BCUT2D eigenvalue weighted by atomic mass is 10.1. The van der Waals surface area contributed by atoms with Crippen molar-refractivity contribution in [2.24, 2.45) is 0 Å². The van der Waals surface area contributed by atoms with Gasteiger partial charge in [0.1, 0.15) is 0 Å². The smallest absolute Gasteiger partial charge is 0.338 e. The predicted molar refractivity (Wildman–Crippen MR) is 49.4 cm³/mol. The van der Waals surface area contributed by atoms with E-state index in [9.17, 15) is 13.6 Å². The average molecular weight is 202 g/mol. The highest BCUT2D eigenvalue weighted by atomic mass is 19.2. The first-order chi connectivity index (χ1) is 6.54. The zero-order chi connectivity index (χ0) is 11.3. The SMILES string of the molecule is CC.Cc1ccc(C(=O)O)c(F)c1F. The summed E-state index contributed by atoms with van der Waals surface area (Å²) in [5.41, 5.74) is -0.546. The minimum Gasteiger partial charge on any atom is -0.478 e. The van der Waals surface area contributed by atoms with Crippen LogP contribution in [0.25, 0.3) is 0 Å². The maximum absolute atomic E-state index is 12.8. The Morgan fingerprint density at radius 3 is 2.14 bits per heavy atom. The Balaban J connectivity index is 0.000000791. The number of rotatable bonds is 1. The molecule has 0 spiro atoms. The Hall–Kier alpha value is -1.45. The summed E-state index contributed by atoms with van der Waals surface area (Å²) in [5, 5.41) is 8.37. The summed E-state index contributed by atoms with van der Waals surface area (Å²) in [4.78, 5) is 10.3. The number of hydrogen-bond donors (Lipinski definition) is 1. The van der Waals surface area contributed by atoms with Crippen molar-refractivity contribution in [3.63, 3.8) is 0 Å². The standard InChI is InChI=1S/C8H6F2O2.C2H6/c1-4-2-3-5(8(11)12)7(10)6(4)9;1-2/h2-3H,1H3,(H,11,12);1-2H3. The van der Waals surface area contributed by atoms with E-state index < -0.39 is 23.2 Å².